The smallest absolute Gasteiger partial charge is 0.164 e. The van der Waals surface area contributed by atoms with E-state index < -0.39 is 0 Å². The van der Waals surface area contributed by atoms with Gasteiger partial charge in [0.1, 0.15) is 0 Å². The summed E-state index contributed by atoms with van der Waals surface area (Å²) in [7, 11) is 0. The van der Waals surface area contributed by atoms with Crippen LogP contribution in [0, 0.1) is 0 Å². The van der Waals surface area contributed by atoms with Gasteiger partial charge in [0, 0.05) is 22.1 Å². The van der Waals surface area contributed by atoms with Crippen LogP contribution in [0.15, 0.2) is 140 Å². The molecule has 0 aliphatic heterocycles. The molecule has 2 aliphatic rings. The molecule has 51 heavy (non-hydrogen) atoms. The molecule has 7 aromatic rings. The first-order chi connectivity index (χ1) is 24.5. The van der Waals surface area contributed by atoms with Gasteiger partial charge in [0.25, 0.3) is 0 Å². The summed E-state index contributed by atoms with van der Waals surface area (Å²) in [6.45, 7) is 14.4. The zero-order chi connectivity index (χ0) is 35.1. The number of nitrogens with zero attached hydrogens (tertiary/aromatic N) is 3. The van der Waals surface area contributed by atoms with Gasteiger partial charge in [0.15, 0.2) is 17.5 Å². The second-order valence-corrected chi connectivity index (χ2v) is 15.7. The van der Waals surface area contributed by atoms with Crippen molar-refractivity contribution in [2.75, 3.05) is 0 Å². The molecule has 0 unspecified atom stereocenters. The van der Waals surface area contributed by atoms with Crippen molar-refractivity contribution in [1.29, 1.82) is 0 Å². The Hall–Kier alpha value is -5.67. The van der Waals surface area contributed by atoms with Crippen molar-refractivity contribution >= 4 is 0 Å². The highest BCUT2D eigenvalue weighted by Gasteiger charge is 2.47. The number of hydrogen-bond acceptors (Lipinski definition) is 3. The van der Waals surface area contributed by atoms with Crippen LogP contribution in [0.1, 0.15) is 63.8 Å². The zero-order valence-electron chi connectivity index (χ0n) is 30.1. The first kappa shape index (κ1) is 31.3. The normalized spacial score (nSPS) is 15.7. The number of rotatable bonds is 4. The molecule has 0 saturated heterocycles. The van der Waals surface area contributed by atoms with Crippen molar-refractivity contribution in [2.45, 2.75) is 57.8 Å². The lowest BCUT2D eigenvalue weighted by molar-refractivity contribution is 0.299. The van der Waals surface area contributed by atoms with Crippen LogP contribution in [0.3, 0.4) is 0 Å². The van der Waals surface area contributed by atoms with Crippen LogP contribution in [-0.4, -0.2) is 15.0 Å². The second-order valence-electron chi connectivity index (χ2n) is 15.7. The van der Waals surface area contributed by atoms with Crippen LogP contribution < -0.4 is 0 Å². The highest BCUT2D eigenvalue weighted by atomic mass is 15.0. The van der Waals surface area contributed by atoms with Crippen LogP contribution in [0.25, 0.3) is 67.5 Å². The van der Waals surface area contributed by atoms with E-state index >= 15 is 0 Å². The Balaban J connectivity index is 1.10. The van der Waals surface area contributed by atoms with Crippen LogP contribution in [-0.2, 0) is 16.2 Å². The van der Waals surface area contributed by atoms with Gasteiger partial charge in [-0.1, -0.05) is 163 Å². The Kier molecular flexibility index (Phi) is 6.86. The van der Waals surface area contributed by atoms with Crippen molar-refractivity contribution in [1.82, 2.24) is 15.0 Å². The van der Waals surface area contributed by atoms with Gasteiger partial charge in [-0.15, -0.1) is 0 Å². The molecule has 0 atom stereocenters. The minimum absolute atomic E-state index is 0.00529. The van der Waals surface area contributed by atoms with E-state index in [2.05, 4.69) is 120 Å². The molecule has 248 valence electrons. The van der Waals surface area contributed by atoms with E-state index in [0.717, 1.165) is 16.7 Å². The van der Waals surface area contributed by atoms with E-state index in [9.17, 15) is 0 Å². The van der Waals surface area contributed by atoms with Gasteiger partial charge in [-0.05, 0) is 84.7 Å². The van der Waals surface area contributed by atoms with Gasteiger partial charge in [-0.25, -0.2) is 15.0 Å². The quantitative estimate of drug-likeness (QED) is 0.189. The fraction of sp³-hybridized carbons (Fsp3) is 0.188. The van der Waals surface area contributed by atoms with Crippen molar-refractivity contribution < 1.29 is 0 Å². The Morgan fingerprint density at radius 2 is 0.725 bits per heavy atom. The first-order valence-corrected chi connectivity index (χ1v) is 18.0. The molecule has 0 amide bonds. The summed E-state index contributed by atoms with van der Waals surface area (Å²) in [4.78, 5) is 14.7. The Morgan fingerprint density at radius 3 is 1.33 bits per heavy atom. The summed E-state index contributed by atoms with van der Waals surface area (Å²) in [6, 6.07) is 50.0. The molecule has 1 aromatic heterocycles. The standard InChI is InChI=1S/C48H41N3/c1-46(2)40-27-34(25-26-36(40)37-29-42-38(28-41(37)46)35-19-13-14-20-39(35)47(3,4)48(42,5)6)30-21-23-33(24-22-30)45-50-43(31-15-9-7-10-16-31)49-44(51-45)32-17-11-8-12-18-32/h7-29H,1-6H3. The van der Waals surface area contributed by atoms with Crippen LogP contribution in [0.4, 0.5) is 0 Å². The van der Waals surface area contributed by atoms with E-state index in [-0.39, 0.29) is 16.2 Å². The van der Waals surface area contributed by atoms with Crippen LogP contribution in [0.5, 0.6) is 0 Å². The molecule has 0 N–H and O–H groups in total. The molecule has 2 aliphatic carbocycles. The summed E-state index contributed by atoms with van der Waals surface area (Å²) in [5.74, 6) is 2.00. The second kappa shape index (κ2) is 11.2. The lowest BCUT2D eigenvalue weighted by Gasteiger charge is -2.48. The lowest BCUT2D eigenvalue weighted by Crippen LogP contribution is -2.43. The highest BCUT2D eigenvalue weighted by molar-refractivity contribution is 5.89. The molecule has 9 rings (SSSR count). The van der Waals surface area contributed by atoms with Crippen LogP contribution >= 0.6 is 0 Å². The van der Waals surface area contributed by atoms with Gasteiger partial charge in [0.05, 0.1) is 0 Å². The van der Waals surface area contributed by atoms with E-state index in [1.165, 1.54) is 55.6 Å². The predicted octanol–water partition coefficient (Wildman–Crippen LogP) is 12.1. The number of aromatic nitrogens is 3. The molecule has 0 fully saturated rings. The fourth-order valence-corrected chi connectivity index (χ4v) is 8.39. The zero-order valence-corrected chi connectivity index (χ0v) is 30.1. The molecular weight excluding hydrogens is 619 g/mol. The van der Waals surface area contributed by atoms with Gasteiger partial charge in [0.2, 0.25) is 0 Å². The maximum atomic E-state index is 4.93. The first-order valence-electron chi connectivity index (χ1n) is 18.0. The fourth-order valence-electron chi connectivity index (χ4n) is 8.39. The molecule has 0 bridgehead atoms. The van der Waals surface area contributed by atoms with Crippen molar-refractivity contribution in [2.24, 2.45) is 0 Å². The van der Waals surface area contributed by atoms with E-state index in [0.29, 0.717) is 17.5 Å². The van der Waals surface area contributed by atoms with Gasteiger partial charge >= 0.3 is 0 Å². The van der Waals surface area contributed by atoms with E-state index in [1.807, 2.05) is 60.7 Å². The molecular formula is C48H41N3. The monoisotopic (exact) mass is 659 g/mol. The topological polar surface area (TPSA) is 38.7 Å². The number of benzene rings is 6. The Labute approximate surface area is 301 Å². The molecule has 0 radical (unpaired) electrons. The third-order valence-electron chi connectivity index (χ3n) is 12.1. The lowest BCUT2D eigenvalue weighted by atomic mass is 9.55. The third kappa shape index (κ3) is 4.75. The molecule has 0 spiro atoms. The summed E-state index contributed by atoms with van der Waals surface area (Å²) in [5, 5.41) is 0. The Bertz CT molecular complexity index is 2410. The van der Waals surface area contributed by atoms with Gasteiger partial charge in [-0.2, -0.15) is 0 Å². The van der Waals surface area contributed by atoms with Gasteiger partial charge in [-0.3, -0.25) is 0 Å². The third-order valence-corrected chi connectivity index (χ3v) is 12.1. The van der Waals surface area contributed by atoms with Crippen molar-refractivity contribution in [3.8, 4) is 67.5 Å². The highest BCUT2D eigenvalue weighted by Crippen LogP contribution is 2.58. The largest absolute Gasteiger partial charge is 0.208 e. The summed E-state index contributed by atoms with van der Waals surface area (Å²) in [5.41, 5.74) is 16.3. The van der Waals surface area contributed by atoms with Crippen molar-refractivity contribution in [3.63, 3.8) is 0 Å². The molecule has 0 saturated carbocycles. The predicted molar refractivity (Wildman–Crippen MR) is 211 cm³/mol. The molecule has 6 aromatic carbocycles. The SMILES string of the molecule is CC1(C)c2cc(-c3ccc(-c4nc(-c5ccccc5)nc(-c5ccccc5)n4)cc3)ccc2-c2cc3c(cc21)-c1ccccc1C(C)(C)C3(C)C. The van der Waals surface area contributed by atoms with Gasteiger partial charge < -0.3 is 0 Å². The van der Waals surface area contributed by atoms with Crippen molar-refractivity contribution in [3.05, 3.63) is 162 Å². The van der Waals surface area contributed by atoms with E-state index in [4.69, 9.17) is 15.0 Å². The molecule has 1 heterocycles. The van der Waals surface area contributed by atoms with Crippen LogP contribution in [0.2, 0.25) is 0 Å². The number of fused-ring (bicyclic) bond motifs is 6. The minimum atomic E-state index is -0.131. The minimum Gasteiger partial charge on any atom is -0.208 e. The maximum Gasteiger partial charge on any atom is 0.164 e. The summed E-state index contributed by atoms with van der Waals surface area (Å²) < 4.78 is 0. The summed E-state index contributed by atoms with van der Waals surface area (Å²) in [6.07, 6.45) is 0. The maximum absolute atomic E-state index is 4.93. The number of hydrogen-bond donors (Lipinski definition) is 0. The average Bonchev–Trinajstić information content (AvgIpc) is 3.39. The molecule has 3 heteroatoms. The van der Waals surface area contributed by atoms with E-state index in [1.54, 1.807) is 0 Å². The molecule has 3 nitrogen and oxygen atoms in total. The summed E-state index contributed by atoms with van der Waals surface area (Å²) >= 11 is 0. The Morgan fingerprint density at radius 1 is 0.314 bits per heavy atom. The average molecular weight is 660 g/mol.